The Labute approximate surface area is 141 Å². The SMILES string of the molecule is COc1ccc(Nc2cc(N3CCOCC3)nc(C)n2)cc1OC. The van der Waals surface area contributed by atoms with Gasteiger partial charge in [-0.1, -0.05) is 0 Å². The van der Waals surface area contributed by atoms with Gasteiger partial charge in [-0.15, -0.1) is 0 Å². The second kappa shape index (κ2) is 7.35. The van der Waals surface area contributed by atoms with Crippen LogP contribution in [0.4, 0.5) is 17.3 Å². The number of aromatic nitrogens is 2. The maximum Gasteiger partial charge on any atom is 0.162 e. The molecule has 1 fully saturated rings. The van der Waals surface area contributed by atoms with Gasteiger partial charge in [0.25, 0.3) is 0 Å². The van der Waals surface area contributed by atoms with Crippen LogP contribution in [0.3, 0.4) is 0 Å². The van der Waals surface area contributed by atoms with Crippen LogP contribution in [0.5, 0.6) is 11.5 Å². The Hall–Kier alpha value is -2.54. The van der Waals surface area contributed by atoms with Crippen LogP contribution in [0.2, 0.25) is 0 Å². The van der Waals surface area contributed by atoms with Gasteiger partial charge in [-0.05, 0) is 19.1 Å². The Bertz CT molecular complexity index is 702. The van der Waals surface area contributed by atoms with Crippen molar-refractivity contribution in [2.45, 2.75) is 6.92 Å². The van der Waals surface area contributed by atoms with Crippen molar-refractivity contribution in [1.82, 2.24) is 9.97 Å². The number of nitrogens with zero attached hydrogens (tertiary/aromatic N) is 3. The van der Waals surface area contributed by atoms with E-state index in [1.54, 1.807) is 14.2 Å². The number of ether oxygens (including phenoxy) is 3. The van der Waals surface area contributed by atoms with Gasteiger partial charge >= 0.3 is 0 Å². The molecule has 1 aliphatic heterocycles. The van der Waals surface area contributed by atoms with E-state index >= 15 is 0 Å². The van der Waals surface area contributed by atoms with Gasteiger partial charge in [-0.25, -0.2) is 9.97 Å². The van der Waals surface area contributed by atoms with Crippen molar-refractivity contribution in [3.8, 4) is 11.5 Å². The molecule has 0 unspecified atom stereocenters. The molecule has 0 radical (unpaired) electrons. The molecule has 0 aliphatic carbocycles. The first-order valence-corrected chi connectivity index (χ1v) is 7.87. The molecule has 0 spiro atoms. The van der Waals surface area contributed by atoms with Gasteiger partial charge in [0.1, 0.15) is 17.5 Å². The van der Waals surface area contributed by atoms with E-state index < -0.39 is 0 Å². The fourth-order valence-corrected chi connectivity index (χ4v) is 2.63. The molecule has 3 rings (SSSR count). The molecule has 24 heavy (non-hydrogen) atoms. The van der Waals surface area contributed by atoms with Crippen LogP contribution in [0.1, 0.15) is 5.82 Å². The number of hydrogen-bond acceptors (Lipinski definition) is 7. The molecule has 1 N–H and O–H groups in total. The van der Waals surface area contributed by atoms with Crippen molar-refractivity contribution in [3.63, 3.8) is 0 Å². The van der Waals surface area contributed by atoms with Crippen molar-refractivity contribution in [2.75, 3.05) is 50.7 Å². The van der Waals surface area contributed by atoms with Crippen LogP contribution in [0.25, 0.3) is 0 Å². The summed E-state index contributed by atoms with van der Waals surface area (Å²) >= 11 is 0. The number of rotatable bonds is 5. The first kappa shape index (κ1) is 16.3. The summed E-state index contributed by atoms with van der Waals surface area (Å²) in [6.07, 6.45) is 0. The third-order valence-corrected chi connectivity index (χ3v) is 3.82. The molecule has 1 aliphatic rings. The summed E-state index contributed by atoms with van der Waals surface area (Å²) in [4.78, 5) is 11.2. The highest BCUT2D eigenvalue weighted by molar-refractivity contribution is 5.63. The van der Waals surface area contributed by atoms with Crippen LogP contribution in [-0.4, -0.2) is 50.5 Å². The average Bonchev–Trinajstić information content (AvgIpc) is 2.62. The maximum atomic E-state index is 5.40. The highest BCUT2D eigenvalue weighted by Gasteiger charge is 2.14. The maximum absolute atomic E-state index is 5.40. The smallest absolute Gasteiger partial charge is 0.162 e. The average molecular weight is 330 g/mol. The number of nitrogens with one attached hydrogen (secondary N) is 1. The third-order valence-electron chi connectivity index (χ3n) is 3.82. The monoisotopic (exact) mass is 330 g/mol. The largest absolute Gasteiger partial charge is 0.493 e. The number of benzene rings is 1. The standard InChI is InChI=1S/C17H22N4O3/c1-12-18-16(11-17(19-12)21-6-8-24-9-7-21)20-13-4-5-14(22-2)15(10-13)23-3/h4-5,10-11H,6-9H2,1-3H3,(H,18,19,20). The number of morpholine rings is 1. The lowest BCUT2D eigenvalue weighted by atomic mass is 10.2. The molecular formula is C17H22N4O3. The fraction of sp³-hybridized carbons (Fsp3) is 0.412. The Kier molecular flexibility index (Phi) is 5.00. The molecule has 0 amide bonds. The number of methoxy groups -OCH3 is 2. The molecular weight excluding hydrogens is 308 g/mol. The van der Waals surface area contributed by atoms with Gasteiger partial charge in [0, 0.05) is 30.9 Å². The molecule has 0 atom stereocenters. The third kappa shape index (κ3) is 3.68. The molecule has 2 aromatic rings. The molecule has 0 bridgehead atoms. The molecule has 1 saturated heterocycles. The van der Waals surface area contributed by atoms with E-state index in [4.69, 9.17) is 14.2 Å². The van der Waals surface area contributed by atoms with Gasteiger partial charge in [-0.3, -0.25) is 0 Å². The molecule has 7 nitrogen and oxygen atoms in total. The van der Waals surface area contributed by atoms with Gasteiger partial charge in [-0.2, -0.15) is 0 Å². The Balaban J connectivity index is 1.83. The van der Waals surface area contributed by atoms with E-state index in [1.165, 1.54) is 0 Å². The molecule has 2 heterocycles. The van der Waals surface area contributed by atoms with E-state index in [0.717, 1.165) is 49.5 Å². The van der Waals surface area contributed by atoms with Crippen LogP contribution in [-0.2, 0) is 4.74 Å². The summed E-state index contributed by atoms with van der Waals surface area (Å²) in [5.74, 6) is 3.74. The normalized spacial score (nSPS) is 14.4. The van der Waals surface area contributed by atoms with Crippen molar-refractivity contribution in [2.24, 2.45) is 0 Å². The van der Waals surface area contributed by atoms with E-state index in [-0.39, 0.29) is 0 Å². The summed E-state index contributed by atoms with van der Waals surface area (Å²) in [7, 11) is 3.24. The lowest BCUT2D eigenvalue weighted by Crippen LogP contribution is -2.36. The Morgan fingerprint density at radius 3 is 2.50 bits per heavy atom. The molecule has 1 aromatic heterocycles. The highest BCUT2D eigenvalue weighted by Crippen LogP contribution is 2.31. The van der Waals surface area contributed by atoms with Crippen molar-refractivity contribution in [3.05, 3.63) is 30.1 Å². The van der Waals surface area contributed by atoms with Crippen LogP contribution >= 0.6 is 0 Å². The summed E-state index contributed by atoms with van der Waals surface area (Å²) in [6, 6.07) is 7.62. The van der Waals surface area contributed by atoms with Gasteiger partial charge in [0.05, 0.1) is 27.4 Å². The number of hydrogen-bond donors (Lipinski definition) is 1. The van der Waals surface area contributed by atoms with Crippen LogP contribution in [0, 0.1) is 6.92 Å². The summed E-state index contributed by atoms with van der Waals surface area (Å²) < 4.78 is 16.0. The zero-order valence-corrected chi connectivity index (χ0v) is 14.2. The van der Waals surface area contributed by atoms with Crippen molar-refractivity contribution in [1.29, 1.82) is 0 Å². The Morgan fingerprint density at radius 2 is 1.79 bits per heavy atom. The summed E-state index contributed by atoms with van der Waals surface area (Å²) in [5, 5.41) is 3.31. The topological polar surface area (TPSA) is 68.7 Å². The minimum atomic E-state index is 0.668. The van der Waals surface area contributed by atoms with E-state index in [9.17, 15) is 0 Å². The lowest BCUT2D eigenvalue weighted by Gasteiger charge is -2.28. The predicted molar refractivity (Wildman–Crippen MR) is 92.6 cm³/mol. The van der Waals surface area contributed by atoms with E-state index in [0.29, 0.717) is 11.5 Å². The number of aryl methyl sites for hydroxylation is 1. The van der Waals surface area contributed by atoms with Gasteiger partial charge in [0.15, 0.2) is 11.5 Å². The van der Waals surface area contributed by atoms with Gasteiger partial charge < -0.3 is 24.4 Å². The first-order chi connectivity index (χ1) is 11.7. The first-order valence-electron chi connectivity index (χ1n) is 7.87. The Morgan fingerprint density at radius 1 is 1.04 bits per heavy atom. The van der Waals surface area contributed by atoms with Gasteiger partial charge in [0.2, 0.25) is 0 Å². The second-order valence-electron chi connectivity index (χ2n) is 5.45. The van der Waals surface area contributed by atoms with Crippen LogP contribution < -0.4 is 19.7 Å². The molecule has 128 valence electrons. The molecule has 7 heteroatoms. The van der Waals surface area contributed by atoms with E-state index in [2.05, 4.69) is 20.2 Å². The van der Waals surface area contributed by atoms with Crippen LogP contribution in [0.15, 0.2) is 24.3 Å². The van der Waals surface area contributed by atoms with E-state index in [1.807, 2.05) is 31.2 Å². The number of anilines is 3. The molecule has 1 aromatic carbocycles. The quantitative estimate of drug-likeness (QED) is 0.902. The van der Waals surface area contributed by atoms with Crippen molar-refractivity contribution >= 4 is 17.3 Å². The summed E-state index contributed by atoms with van der Waals surface area (Å²) in [6.45, 7) is 5.02. The minimum absolute atomic E-state index is 0.668. The summed E-state index contributed by atoms with van der Waals surface area (Å²) in [5.41, 5.74) is 0.874. The predicted octanol–water partition coefficient (Wildman–Crippen LogP) is 2.38. The van der Waals surface area contributed by atoms with Crippen molar-refractivity contribution < 1.29 is 14.2 Å². The zero-order valence-electron chi connectivity index (χ0n) is 14.2. The minimum Gasteiger partial charge on any atom is -0.493 e. The lowest BCUT2D eigenvalue weighted by molar-refractivity contribution is 0.122. The molecule has 0 saturated carbocycles. The zero-order chi connectivity index (χ0) is 16.9. The fourth-order valence-electron chi connectivity index (χ4n) is 2.63. The highest BCUT2D eigenvalue weighted by atomic mass is 16.5. The second-order valence-corrected chi connectivity index (χ2v) is 5.45.